The van der Waals surface area contributed by atoms with Crippen LogP contribution in [-0.2, 0) is 56.0 Å². The molecule has 2 fully saturated rings. The Kier molecular flexibility index (Phi) is 22.1. The van der Waals surface area contributed by atoms with E-state index >= 15 is 0 Å². The van der Waals surface area contributed by atoms with Gasteiger partial charge >= 0.3 is 5.97 Å². The van der Waals surface area contributed by atoms with Gasteiger partial charge in [0, 0.05) is 87.7 Å². The lowest BCUT2D eigenvalue weighted by molar-refractivity contribution is -0.143. The first-order valence-corrected chi connectivity index (χ1v) is 25.2. The van der Waals surface area contributed by atoms with Crippen molar-refractivity contribution in [1.82, 2.24) is 36.5 Å². The molecule has 0 spiro atoms. The molecule has 2 aromatic carbocycles. The maximum Gasteiger partial charge on any atom is 0.326 e. The molecule has 16 N–H and O–H groups in total. The molecule has 406 valence electrons. The third-order valence-electron chi connectivity index (χ3n) is 13.2. The van der Waals surface area contributed by atoms with Crippen molar-refractivity contribution >= 4 is 75.8 Å². The van der Waals surface area contributed by atoms with Gasteiger partial charge in [-0.05, 0) is 75.0 Å². The van der Waals surface area contributed by atoms with E-state index in [0.29, 0.717) is 11.1 Å². The highest BCUT2D eigenvalue weighted by Crippen LogP contribution is 2.27. The molecule has 6 amide bonds. The normalized spacial score (nSPS) is 23.2. The molecule has 0 aliphatic carbocycles. The fraction of sp³-hybridized carbons (Fsp3) is 0.510. The van der Waals surface area contributed by atoms with Crippen LogP contribution >= 0.6 is 0 Å². The summed E-state index contributed by atoms with van der Waals surface area (Å²) in [5.74, 6) is -9.19. The van der Waals surface area contributed by atoms with Crippen LogP contribution in [0.5, 0.6) is 0 Å². The second kappa shape index (κ2) is 28.5. The molecule has 1 aromatic heterocycles. The predicted octanol–water partition coefficient (Wildman–Crippen LogP) is -1.09. The van der Waals surface area contributed by atoms with Crippen LogP contribution in [-0.4, -0.2) is 147 Å². The van der Waals surface area contributed by atoms with Crippen LogP contribution in [0.3, 0.4) is 0 Å². The summed E-state index contributed by atoms with van der Waals surface area (Å²) >= 11 is 0. The number of nitrogens with one attached hydrogen (secondary N) is 6. The van der Waals surface area contributed by atoms with Crippen LogP contribution in [0.4, 0.5) is 0 Å². The van der Waals surface area contributed by atoms with Crippen molar-refractivity contribution < 1.29 is 53.4 Å². The molecule has 24 nitrogen and oxygen atoms in total. The zero-order valence-corrected chi connectivity index (χ0v) is 42.1. The summed E-state index contributed by atoms with van der Waals surface area (Å²) in [4.78, 5) is 137. The number of para-hydroxylation sites is 1. The van der Waals surface area contributed by atoms with Crippen molar-refractivity contribution in [2.24, 2.45) is 44.8 Å². The van der Waals surface area contributed by atoms with Crippen LogP contribution in [0.15, 0.2) is 70.8 Å². The number of amides is 6. The summed E-state index contributed by atoms with van der Waals surface area (Å²) in [5.41, 5.74) is 24.2. The SMILES string of the molecule is CC(=O)N[C@@H](CCCN=C(N)N)C(=O)N[C@H]1CCCC(=O)NCC[C@@H](C(=O)O)NC(=O)[C@H](Cc2c[nH]c3ccccc23)CC(=O)[C@H](CCCN=C(N)N)CC(=O)[C@@H](Cc2ccccc2)NC(=O)[C@@H]2C[C@@H](O)CN2C1=O. The van der Waals surface area contributed by atoms with Crippen LogP contribution in [0.2, 0.25) is 0 Å². The van der Waals surface area contributed by atoms with Gasteiger partial charge in [0.2, 0.25) is 35.4 Å². The van der Waals surface area contributed by atoms with E-state index in [-0.39, 0.29) is 109 Å². The molecule has 3 heterocycles. The number of fused-ring (bicyclic) bond motifs is 2. The van der Waals surface area contributed by atoms with Gasteiger partial charge in [-0.3, -0.25) is 48.3 Å². The van der Waals surface area contributed by atoms with Crippen molar-refractivity contribution in [3.63, 3.8) is 0 Å². The lowest BCUT2D eigenvalue weighted by Crippen LogP contribution is -2.57. The van der Waals surface area contributed by atoms with Gasteiger partial charge in [-0.15, -0.1) is 0 Å². The Labute approximate surface area is 434 Å². The molecule has 2 aliphatic heterocycles. The molecular weight excluding hydrogens is 971 g/mol. The molecule has 0 unspecified atom stereocenters. The molecular formula is C51H71N13O11. The zero-order chi connectivity index (χ0) is 54.6. The average Bonchev–Trinajstić information content (AvgIpc) is 3.97. The Balaban J connectivity index is 1.53. The van der Waals surface area contributed by atoms with E-state index in [2.05, 4.69) is 41.6 Å². The largest absolute Gasteiger partial charge is 0.480 e. The maximum absolute atomic E-state index is 14.8. The average molecular weight is 1040 g/mol. The molecule has 75 heavy (non-hydrogen) atoms. The van der Waals surface area contributed by atoms with Gasteiger partial charge in [0.15, 0.2) is 17.7 Å². The summed E-state index contributed by atoms with van der Waals surface area (Å²) in [6.45, 7) is 0.897. The number of H-pyrrole nitrogens is 1. The Morgan fingerprint density at radius 2 is 1.51 bits per heavy atom. The standard InChI is InChI=1S/C51H71N13O11/c1-29(65)60-37(16-9-20-58-51(54)55)46(71)61-38-15-7-17-44(69)56-21-18-39(49(74)75)62-45(70)32(23-33-27-59-36-14-6-5-13-35(33)36)25-42(67)31(12-8-19-57-50(52)53)24-43(68)40(22-30-10-3-2-4-11-30)63-47(72)41-26-34(66)28-64(41)48(38)73/h2-6,10-11,13-14,27,31-32,34,37-41,59,66H,7-9,12,15-26,28H2,1H3,(H,56,69)(H,60,65)(H,61,71)(H,62,70)(H,63,72)(H,74,75)(H4,52,53,57)(H4,54,55,58)/t31-,32-,34-,37+,38+,39+,40-,41+/m1/s1. The minimum absolute atomic E-state index is 0.00322. The molecule has 24 heteroatoms. The number of aliphatic hydroxyl groups excluding tert-OH is 1. The number of carbonyl (C=O) groups excluding carboxylic acids is 8. The fourth-order valence-corrected chi connectivity index (χ4v) is 9.42. The third-order valence-corrected chi connectivity index (χ3v) is 13.2. The molecule has 0 bridgehead atoms. The number of hydrogen-bond donors (Lipinski definition) is 12. The smallest absolute Gasteiger partial charge is 0.326 e. The number of hydrogen-bond acceptors (Lipinski definition) is 12. The molecule has 2 aliphatic rings. The third kappa shape index (κ3) is 18.2. The summed E-state index contributed by atoms with van der Waals surface area (Å²) < 4.78 is 0. The number of carbonyl (C=O) groups is 9. The zero-order valence-electron chi connectivity index (χ0n) is 42.1. The minimum Gasteiger partial charge on any atom is -0.480 e. The second-order valence-corrected chi connectivity index (χ2v) is 19.1. The number of carboxylic acid groups (broad SMARTS) is 1. The fourth-order valence-electron chi connectivity index (χ4n) is 9.42. The Bertz CT molecular complexity index is 2560. The first-order chi connectivity index (χ1) is 35.8. The molecule has 5 rings (SSSR count). The maximum atomic E-state index is 14.8. The van der Waals surface area contributed by atoms with Gasteiger partial charge in [-0.25, -0.2) is 4.79 Å². The van der Waals surface area contributed by atoms with E-state index in [1.807, 2.05) is 24.3 Å². The van der Waals surface area contributed by atoms with E-state index in [0.717, 1.165) is 15.8 Å². The molecule has 0 radical (unpaired) electrons. The number of aromatic nitrogens is 1. The Morgan fingerprint density at radius 1 is 0.827 bits per heavy atom. The van der Waals surface area contributed by atoms with Crippen LogP contribution < -0.4 is 49.5 Å². The first-order valence-electron chi connectivity index (χ1n) is 25.2. The number of nitrogens with two attached hydrogens (primary N) is 4. The summed E-state index contributed by atoms with van der Waals surface area (Å²) in [7, 11) is 0. The monoisotopic (exact) mass is 1040 g/mol. The summed E-state index contributed by atoms with van der Waals surface area (Å²) in [6, 6.07) is 9.39. The van der Waals surface area contributed by atoms with E-state index in [9.17, 15) is 53.4 Å². The number of aliphatic imine (C=N–C) groups is 2. The minimum atomic E-state index is -1.50. The molecule has 8 atom stereocenters. The van der Waals surface area contributed by atoms with Gasteiger partial charge in [0.25, 0.3) is 0 Å². The van der Waals surface area contributed by atoms with Gasteiger partial charge in [-0.2, -0.15) is 0 Å². The van der Waals surface area contributed by atoms with Gasteiger partial charge in [-0.1, -0.05) is 48.5 Å². The van der Waals surface area contributed by atoms with Crippen LogP contribution in [0, 0.1) is 11.8 Å². The van der Waals surface area contributed by atoms with Crippen molar-refractivity contribution in [1.29, 1.82) is 0 Å². The number of Topliss-reactive ketones (excluding diaryl/α,β-unsaturated/α-hetero) is 2. The Hall–Kier alpha value is -7.89. The predicted molar refractivity (Wildman–Crippen MR) is 277 cm³/mol. The first kappa shape index (κ1) is 58.0. The Morgan fingerprint density at radius 3 is 2.20 bits per heavy atom. The van der Waals surface area contributed by atoms with Crippen molar-refractivity contribution in [3.8, 4) is 0 Å². The number of carboxylic acids is 1. The number of rotatable bonds is 16. The number of guanidine groups is 2. The number of ketones is 2. The number of nitrogens with zero attached hydrogens (tertiary/aromatic N) is 3. The number of aliphatic carboxylic acids is 1. The van der Waals surface area contributed by atoms with E-state index in [4.69, 9.17) is 22.9 Å². The van der Waals surface area contributed by atoms with Gasteiger partial charge < -0.3 is 69.6 Å². The van der Waals surface area contributed by atoms with E-state index in [1.165, 1.54) is 6.92 Å². The lowest BCUT2D eigenvalue weighted by Gasteiger charge is -2.30. The van der Waals surface area contributed by atoms with Crippen LogP contribution in [0.25, 0.3) is 10.9 Å². The quantitative estimate of drug-likeness (QED) is 0.0461. The summed E-state index contributed by atoms with van der Waals surface area (Å²) in [5, 5.41) is 35.3. The van der Waals surface area contributed by atoms with Crippen molar-refractivity contribution in [2.75, 3.05) is 26.2 Å². The van der Waals surface area contributed by atoms with Crippen molar-refractivity contribution in [2.45, 2.75) is 127 Å². The van der Waals surface area contributed by atoms with Gasteiger partial charge in [0.1, 0.15) is 30.0 Å². The second-order valence-electron chi connectivity index (χ2n) is 19.1. The molecule has 0 saturated carbocycles. The molecule has 3 aromatic rings. The highest BCUT2D eigenvalue weighted by molar-refractivity contribution is 5.98. The lowest BCUT2D eigenvalue weighted by atomic mass is 9.83. The van der Waals surface area contributed by atoms with Crippen molar-refractivity contribution in [3.05, 3.63) is 71.9 Å². The van der Waals surface area contributed by atoms with Crippen LogP contribution in [0.1, 0.15) is 88.7 Å². The highest BCUT2D eigenvalue weighted by Gasteiger charge is 2.43. The highest BCUT2D eigenvalue weighted by atomic mass is 16.4. The van der Waals surface area contributed by atoms with E-state index < -0.39 is 114 Å². The number of benzene rings is 2. The van der Waals surface area contributed by atoms with E-state index in [1.54, 1.807) is 36.5 Å². The van der Waals surface area contributed by atoms with Gasteiger partial charge in [0.05, 0.1) is 12.1 Å². The topological polar surface area (TPSA) is 402 Å². The number of aliphatic hydroxyl groups is 1. The number of aromatic amines is 1. The molecule has 2 saturated heterocycles. The summed E-state index contributed by atoms with van der Waals surface area (Å²) in [6.07, 6.45) is -0.628.